The first-order valence-corrected chi connectivity index (χ1v) is 4.84. The highest BCUT2D eigenvalue weighted by Crippen LogP contribution is 2.07. The van der Waals surface area contributed by atoms with E-state index in [0.29, 0.717) is 0 Å². The Morgan fingerprint density at radius 2 is 2.27 bits per heavy atom. The Labute approximate surface area is 70.1 Å². The fourth-order valence-electron chi connectivity index (χ4n) is 1.46. The van der Waals surface area contributed by atoms with Crippen LogP contribution in [0.5, 0.6) is 0 Å². The third-order valence-corrected chi connectivity index (χ3v) is 2.18. The molecular weight excluding hydrogens is 134 g/mol. The normalized spacial score (nSPS) is 17.4. The van der Waals surface area contributed by atoms with Crippen molar-refractivity contribution in [3.8, 4) is 0 Å². The van der Waals surface area contributed by atoms with Gasteiger partial charge in [0.15, 0.2) is 0 Å². The molecule has 0 aromatic carbocycles. The molecular formula is C10H19N. The van der Waals surface area contributed by atoms with Gasteiger partial charge in [0.1, 0.15) is 0 Å². The van der Waals surface area contributed by atoms with Crippen LogP contribution in [0.3, 0.4) is 0 Å². The van der Waals surface area contributed by atoms with Crippen LogP contribution >= 0.6 is 0 Å². The molecule has 0 spiro atoms. The highest BCUT2D eigenvalue weighted by atomic mass is 15.1. The molecule has 0 amide bonds. The molecule has 0 aromatic heterocycles. The standard InChI is InChI=1S/C10H19N/c1-2-3-5-8-11-9-6-4-7-10-11/h6,9H,2-5,7-8,10H2,1H3. The van der Waals surface area contributed by atoms with Gasteiger partial charge in [0, 0.05) is 13.1 Å². The summed E-state index contributed by atoms with van der Waals surface area (Å²) in [5, 5.41) is 0. The number of hydrogen-bond donors (Lipinski definition) is 0. The van der Waals surface area contributed by atoms with Gasteiger partial charge >= 0.3 is 0 Å². The lowest BCUT2D eigenvalue weighted by Crippen LogP contribution is -2.21. The fourth-order valence-corrected chi connectivity index (χ4v) is 1.46. The van der Waals surface area contributed by atoms with Crippen molar-refractivity contribution >= 4 is 0 Å². The van der Waals surface area contributed by atoms with Gasteiger partial charge in [-0.05, 0) is 25.5 Å². The second-order valence-corrected chi connectivity index (χ2v) is 3.27. The number of hydrogen-bond acceptors (Lipinski definition) is 1. The second kappa shape index (κ2) is 5.22. The van der Waals surface area contributed by atoms with E-state index in [-0.39, 0.29) is 0 Å². The van der Waals surface area contributed by atoms with Crippen molar-refractivity contribution in [1.29, 1.82) is 0 Å². The molecule has 1 rings (SSSR count). The maximum atomic E-state index is 2.44. The molecule has 1 nitrogen and oxygen atoms in total. The molecule has 1 heteroatoms. The van der Waals surface area contributed by atoms with E-state index in [1.165, 1.54) is 45.2 Å². The van der Waals surface area contributed by atoms with Gasteiger partial charge in [-0.15, -0.1) is 0 Å². The molecule has 11 heavy (non-hydrogen) atoms. The number of unbranched alkanes of at least 4 members (excludes halogenated alkanes) is 2. The van der Waals surface area contributed by atoms with Crippen LogP contribution in [0.4, 0.5) is 0 Å². The van der Waals surface area contributed by atoms with Crippen molar-refractivity contribution in [1.82, 2.24) is 4.90 Å². The Balaban J connectivity index is 2.05. The average Bonchev–Trinajstić information content (AvgIpc) is 2.07. The largest absolute Gasteiger partial charge is 0.378 e. The molecule has 0 saturated carbocycles. The Kier molecular flexibility index (Phi) is 4.10. The molecule has 64 valence electrons. The van der Waals surface area contributed by atoms with Crippen LogP contribution in [0.25, 0.3) is 0 Å². The van der Waals surface area contributed by atoms with Crippen molar-refractivity contribution in [2.75, 3.05) is 13.1 Å². The fraction of sp³-hybridized carbons (Fsp3) is 0.800. The minimum atomic E-state index is 1.27. The molecule has 0 N–H and O–H groups in total. The summed E-state index contributed by atoms with van der Waals surface area (Å²) in [5.41, 5.74) is 0. The van der Waals surface area contributed by atoms with Gasteiger partial charge < -0.3 is 4.90 Å². The van der Waals surface area contributed by atoms with Gasteiger partial charge in [-0.25, -0.2) is 0 Å². The number of rotatable bonds is 4. The van der Waals surface area contributed by atoms with Crippen molar-refractivity contribution in [2.45, 2.75) is 39.0 Å². The van der Waals surface area contributed by atoms with Gasteiger partial charge in [0.2, 0.25) is 0 Å². The molecule has 0 atom stereocenters. The minimum absolute atomic E-state index is 1.27. The summed E-state index contributed by atoms with van der Waals surface area (Å²) < 4.78 is 0. The quantitative estimate of drug-likeness (QED) is 0.561. The monoisotopic (exact) mass is 153 g/mol. The first kappa shape index (κ1) is 8.63. The van der Waals surface area contributed by atoms with Crippen LogP contribution in [-0.2, 0) is 0 Å². The van der Waals surface area contributed by atoms with Crippen LogP contribution in [0.2, 0.25) is 0 Å². The Bertz CT molecular complexity index is 118. The summed E-state index contributed by atoms with van der Waals surface area (Å²) >= 11 is 0. The van der Waals surface area contributed by atoms with E-state index < -0.39 is 0 Å². The lowest BCUT2D eigenvalue weighted by molar-refractivity contribution is 0.345. The predicted molar refractivity (Wildman–Crippen MR) is 49.5 cm³/mol. The van der Waals surface area contributed by atoms with E-state index in [0.717, 1.165) is 0 Å². The first-order valence-electron chi connectivity index (χ1n) is 4.84. The summed E-state index contributed by atoms with van der Waals surface area (Å²) in [6, 6.07) is 0. The Hall–Kier alpha value is -0.460. The van der Waals surface area contributed by atoms with E-state index in [9.17, 15) is 0 Å². The van der Waals surface area contributed by atoms with E-state index in [4.69, 9.17) is 0 Å². The molecule has 0 aliphatic carbocycles. The topological polar surface area (TPSA) is 3.24 Å². The summed E-state index contributed by atoms with van der Waals surface area (Å²) in [6.45, 7) is 4.80. The summed E-state index contributed by atoms with van der Waals surface area (Å²) in [7, 11) is 0. The zero-order valence-corrected chi connectivity index (χ0v) is 7.55. The lowest BCUT2D eigenvalue weighted by atomic mass is 10.2. The first-order chi connectivity index (χ1) is 5.43. The van der Waals surface area contributed by atoms with Gasteiger partial charge in [0.05, 0.1) is 0 Å². The zero-order chi connectivity index (χ0) is 7.94. The highest BCUT2D eigenvalue weighted by molar-refractivity contribution is 4.87. The van der Waals surface area contributed by atoms with Crippen molar-refractivity contribution in [2.24, 2.45) is 0 Å². The van der Waals surface area contributed by atoms with Crippen molar-refractivity contribution in [3.05, 3.63) is 12.3 Å². The van der Waals surface area contributed by atoms with Crippen LogP contribution in [0, 0.1) is 0 Å². The minimum Gasteiger partial charge on any atom is -0.378 e. The third kappa shape index (κ3) is 3.45. The van der Waals surface area contributed by atoms with Crippen molar-refractivity contribution < 1.29 is 0 Å². The van der Waals surface area contributed by atoms with Gasteiger partial charge in [0.25, 0.3) is 0 Å². The van der Waals surface area contributed by atoms with E-state index >= 15 is 0 Å². The summed E-state index contributed by atoms with van der Waals surface area (Å²) in [4.78, 5) is 2.44. The van der Waals surface area contributed by atoms with Gasteiger partial charge in [-0.1, -0.05) is 25.8 Å². The zero-order valence-electron chi connectivity index (χ0n) is 7.55. The summed E-state index contributed by atoms with van der Waals surface area (Å²) in [6.07, 6.45) is 11.3. The maximum Gasteiger partial charge on any atom is 0.0175 e. The van der Waals surface area contributed by atoms with Crippen LogP contribution < -0.4 is 0 Å². The summed E-state index contributed by atoms with van der Waals surface area (Å²) in [5.74, 6) is 0. The molecule has 0 aromatic rings. The van der Waals surface area contributed by atoms with Gasteiger partial charge in [-0.3, -0.25) is 0 Å². The van der Waals surface area contributed by atoms with Gasteiger partial charge in [-0.2, -0.15) is 0 Å². The molecule has 0 fully saturated rings. The van der Waals surface area contributed by atoms with Crippen LogP contribution in [0.15, 0.2) is 12.3 Å². The molecule has 0 unspecified atom stereocenters. The molecule has 1 aliphatic heterocycles. The second-order valence-electron chi connectivity index (χ2n) is 3.27. The SMILES string of the molecule is CCCCCN1C=CCCC1. The Morgan fingerprint density at radius 3 is 2.91 bits per heavy atom. The van der Waals surface area contributed by atoms with Crippen LogP contribution in [0.1, 0.15) is 39.0 Å². The van der Waals surface area contributed by atoms with Crippen LogP contribution in [-0.4, -0.2) is 18.0 Å². The maximum absolute atomic E-state index is 2.44. The van der Waals surface area contributed by atoms with Crippen molar-refractivity contribution in [3.63, 3.8) is 0 Å². The molecule has 1 aliphatic rings. The molecule has 0 radical (unpaired) electrons. The number of allylic oxidation sites excluding steroid dienone is 1. The lowest BCUT2D eigenvalue weighted by Gasteiger charge is -2.22. The average molecular weight is 153 g/mol. The van der Waals surface area contributed by atoms with E-state index in [1.54, 1.807) is 0 Å². The smallest absolute Gasteiger partial charge is 0.0175 e. The molecule has 0 bridgehead atoms. The van der Waals surface area contributed by atoms with E-state index in [2.05, 4.69) is 24.1 Å². The predicted octanol–water partition coefficient (Wildman–Crippen LogP) is 2.79. The number of nitrogens with zero attached hydrogens (tertiary/aromatic N) is 1. The third-order valence-electron chi connectivity index (χ3n) is 2.18. The Morgan fingerprint density at radius 1 is 1.36 bits per heavy atom. The van der Waals surface area contributed by atoms with E-state index in [1.807, 2.05) is 0 Å². The molecule has 0 saturated heterocycles. The molecule has 1 heterocycles. The highest BCUT2D eigenvalue weighted by Gasteiger charge is 2.01.